The van der Waals surface area contributed by atoms with Crippen LogP contribution in [0, 0.1) is 29.1 Å². The molecular weight excluding hydrogens is 312 g/mol. The topological polar surface area (TPSA) is 50.1 Å². The molecule has 136 valence electrons. The van der Waals surface area contributed by atoms with E-state index in [0.29, 0.717) is 5.92 Å². The highest BCUT2D eigenvalue weighted by molar-refractivity contribution is 5.82. The summed E-state index contributed by atoms with van der Waals surface area (Å²) in [6.07, 6.45) is 3.58. The van der Waals surface area contributed by atoms with Crippen LogP contribution in [0.1, 0.15) is 59.3 Å². The minimum Gasteiger partial charge on any atom is -0.459 e. The number of hydrogen-bond donors (Lipinski definition) is 0. The molecule has 0 aliphatic heterocycles. The summed E-state index contributed by atoms with van der Waals surface area (Å²) in [6, 6.07) is 1.64. The van der Waals surface area contributed by atoms with Gasteiger partial charge in [0.15, 0.2) is 0 Å². The van der Waals surface area contributed by atoms with Crippen molar-refractivity contribution in [3.8, 4) is 6.07 Å². The van der Waals surface area contributed by atoms with Gasteiger partial charge in [0.05, 0.1) is 6.07 Å². The lowest BCUT2D eigenvalue weighted by atomic mass is 9.83. The summed E-state index contributed by atoms with van der Waals surface area (Å²) in [5, 5.41) is 8.70. The van der Waals surface area contributed by atoms with E-state index in [1.165, 1.54) is 6.08 Å². The molecule has 0 heterocycles. The van der Waals surface area contributed by atoms with Crippen LogP contribution in [0.2, 0.25) is 0 Å². The summed E-state index contributed by atoms with van der Waals surface area (Å²) in [7, 11) is 0. The molecule has 0 radical (unpaired) electrons. The average Bonchev–Trinajstić information content (AvgIpc) is 2.56. The van der Waals surface area contributed by atoms with Gasteiger partial charge in [-0.15, -0.1) is 0 Å². The van der Waals surface area contributed by atoms with Gasteiger partial charge in [-0.05, 0) is 24.7 Å². The van der Waals surface area contributed by atoms with Crippen LogP contribution in [0.15, 0.2) is 12.2 Å². The van der Waals surface area contributed by atoms with Crippen LogP contribution in [0.3, 0.4) is 0 Å². The molecule has 2 rings (SSSR count). The Morgan fingerprint density at radius 2 is 1.67 bits per heavy atom. The fourth-order valence-electron chi connectivity index (χ4n) is 3.27. The molecule has 2 fully saturated rings. The Kier molecular flexibility index (Phi) is 8.95. The molecule has 2 aliphatic carbocycles. The zero-order valence-electron chi connectivity index (χ0n) is 14.9. The Morgan fingerprint density at radius 1 is 1.12 bits per heavy atom. The summed E-state index contributed by atoms with van der Waals surface area (Å²) in [5.74, 6) is -0.649. The van der Waals surface area contributed by atoms with Crippen molar-refractivity contribution in [2.75, 3.05) is 0 Å². The predicted molar refractivity (Wildman–Crippen MR) is 89.6 cm³/mol. The second kappa shape index (κ2) is 10.4. The van der Waals surface area contributed by atoms with E-state index in [1.807, 2.05) is 19.9 Å². The van der Waals surface area contributed by atoms with E-state index >= 15 is 0 Å². The minimum atomic E-state index is -1.57. The second-order valence-corrected chi connectivity index (χ2v) is 6.60. The van der Waals surface area contributed by atoms with Gasteiger partial charge >= 0.3 is 5.97 Å². The van der Waals surface area contributed by atoms with Crippen LogP contribution < -0.4 is 0 Å². The van der Waals surface area contributed by atoms with Crippen molar-refractivity contribution in [1.29, 1.82) is 5.26 Å². The second-order valence-electron chi connectivity index (χ2n) is 6.60. The van der Waals surface area contributed by atoms with E-state index in [1.54, 1.807) is 6.07 Å². The van der Waals surface area contributed by atoms with Crippen molar-refractivity contribution in [3.63, 3.8) is 0 Å². The molecule has 0 amide bonds. The number of nitrogens with zero attached hydrogens (tertiary/aromatic N) is 1. The van der Waals surface area contributed by atoms with E-state index in [4.69, 9.17) is 10.00 Å². The monoisotopic (exact) mass is 341 g/mol. The van der Waals surface area contributed by atoms with E-state index in [2.05, 4.69) is 6.92 Å². The number of halogens is 2. The average molecular weight is 341 g/mol. The highest BCUT2D eigenvalue weighted by atomic mass is 19.1. The Labute approximate surface area is 144 Å². The van der Waals surface area contributed by atoms with Crippen molar-refractivity contribution < 1.29 is 18.3 Å². The number of nitriles is 1. The first kappa shape index (κ1) is 20.6. The third-order valence-electron chi connectivity index (χ3n) is 4.75. The number of rotatable bonds is 3. The van der Waals surface area contributed by atoms with Crippen molar-refractivity contribution in [2.24, 2.45) is 17.8 Å². The molecule has 0 spiro atoms. The maximum Gasteiger partial charge on any atom is 0.330 e. The van der Waals surface area contributed by atoms with E-state index in [0.717, 1.165) is 31.6 Å². The predicted octanol–water partition coefficient (Wildman–Crippen LogP) is 4.92. The maximum absolute atomic E-state index is 13.6. The van der Waals surface area contributed by atoms with Gasteiger partial charge in [-0.25, -0.2) is 13.6 Å². The molecule has 24 heavy (non-hydrogen) atoms. The normalized spacial score (nSPS) is 36.3. The van der Waals surface area contributed by atoms with Gasteiger partial charge in [0, 0.05) is 18.9 Å². The number of esters is 1. The molecular formula is C19H29F2NO2. The van der Waals surface area contributed by atoms with Crippen molar-refractivity contribution in [2.45, 2.75) is 77.7 Å². The molecule has 2 atom stereocenters. The molecule has 5 heteroatoms. The van der Waals surface area contributed by atoms with Crippen LogP contribution in [0.5, 0.6) is 0 Å². The van der Waals surface area contributed by atoms with Crippen LogP contribution in [0.4, 0.5) is 8.78 Å². The van der Waals surface area contributed by atoms with E-state index in [-0.39, 0.29) is 12.8 Å². The Hall–Kier alpha value is -1.44. The fourth-order valence-corrected chi connectivity index (χ4v) is 3.27. The smallest absolute Gasteiger partial charge is 0.330 e. The molecule has 0 aromatic carbocycles. The van der Waals surface area contributed by atoms with Crippen LogP contribution in [-0.2, 0) is 9.53 Å². The number of carbonyl (C=O) groups is 1. The Bertz CT molecular complexity index is 441. The Morgan fingerprint density at radius 3 is 2.17 bits per heavy atom. The third-order valence-corrected chi connectivity index (χ3v) is 4.75. The first-order chi connectivity index (χ1) is 11.5. The summed E-state index contributed by atoms with van der Waals surface area (Å²) in [4.78, 5) is 11.8. The quantitative estimate of drug-likeness (QED) is 0.541. The summed E-state index contributed by atoms with van der Waals surface area (Å²) in [5.41, 5.74) is 0. The largest absolute Gasteiger partial charge is 0.459 e. The molecule has 0 aromatic heterocycles. The van der Waals surface area contributed by atoms with Gasteiger partial charge in [0.2, 0.25) is 0 Å². The summed E-state index contributed by atoms with van der Waals surface area (Å²) in [6.45, 7) is 6.23. The molecule has 3 nitrogen and oxygen atoms in total. The summed E-state index contributed by atoms with van der Waals surface area (Å²) < 4.78 is 32.4. The minimum absolute atomic E-state index is 0.0980. The van der Waals surface area contributed by atoms with Crippen molar-refractivity contribution >= 4 is 5.97 Å². The lowest BCUT2D eigenvalue weighted by Gasteiger charge is -2.30. The number of carbonyl (C=O) groups excluding carboxylic acids is 1. The van der Waals surface area contributed by atoms with Crippen LogP contribution in [-0.4, -0.2) is 24.4 Å². The zero-order chi connectivity index (χ0) is 18.1. The molecule has 2 unspecified atom stereocenters. The van der Waals surface area contributed by atoms with Gasteiger partial charge in [-0.2, -0.15) is 5.26 Å². The van der Waals surface area contributed by atoms with Crippen molar-refractivity contribution in [3.05, 3.63) is 12.2 Å². The van der Waals surface area contributed by atoms with Crippen LogP contribution in [0.25, 0.3) is 0 Å². The van der Waals surface area contributed by atoms with Crippen LogP contribution >= 0.6 is 0 Å². The van der Waals surface area contributed by atoms with E-state index < -0.39 is 30.3 Å². The number of ether oxygens (including phenoxy) is 1. The lowest BCUT2D eigenvalue weighted by molar-refractivity contribution is -0.147. The number of alkyl halides is 2. The maximum atomic E-state index is 13.6. The third kappa shape index (κ3) is 6.22. The van der Waals surface area contributed by atoms with Gasteiger partial charge in [-0.1, -0.05) is 39.7 Å². The van der Waals surface area contributed by atoms with Gasteiger partial charge in [-0.3, -0.25) is 0 Å². The molecule has 2 saturated carbocycles. The zero-order valence-corrected chi connectivity index (χ0v) is 14.9. The molecule has 0 bridgehead atoms. The standard InChI is InChI=1S/C17H23F2NO2.C2H6/c1-11-2-4-12(5-3-11)6-7-17(21)22-13-8-15(18)14(10-20)16(19)9-13;1-2/h6-7,11-16H,2-5,8-9H2,1H3;1-2H3/b7-6+;. The van der Waals surface area contributed by atoms with E-state index in [9.17, 15) is 13.6 Å². The number of allylic oxidation sites excluding steroid dienone is 1. The fraction of sp³-hybridized carbons (Fsp3) is 0.789. The first-order valence-corrected chi connectivity index (χ1v) is 9.06. The van der Waals surface area contributed by atoms with Crippen molar-refractivity contribution in [1.82, 2.24) is 0 Å². The molecule has 0 aromatic rings. The highest BCUT2D eigenvalue weighted by Gasteiger charge is 2.40. The SMILES string of the molecule is CC.CC1CCC(/C=C/C(=O)OC2CC(F)C(C#N)C(F)C2)CC1. The van der Waals surface area contributed by atoms with Gasteiger partial charge < -0.3 is 4.74 Å². The highest BCUT2D eigenvalue weighted by Crippen LogP contribution is 2.32. The first-order valence-electron chi connectivity index (χ1n) is 9.06. The summed E-state index contributed by atoms with van der Waals surface area (Å²) >= 11 is 0. The molecule has 0 saturated heterocycles. The van der Waals surface area contributed by atoms with Gasteiger partial charge in [0.25, 0.3) is 0 Å². The number of hydrogen-bond acceptors (Lipinski definition) is 3. The molecule has 2 aliphatic rings. The lowest BCUT2D eigenvalue weighted by Crippen LogP contribution is -2.39. The molecule has 0 N–H and O–H groups in total. The van der Waals surface area contributed by atoms with Gasteiger partial charge in [0.1, 0.15) is 24.4 Å². The Balaban J connectivity index is 0.00000139.